The third kappa shape index (κ3) is 4.10. The first-order valence-electron chi connectivity index (χ1n) is 8.10. The second-order valence-electron chi connectivity index (χ2n) is 6.94. The van der Waals surface area contributed by atoms with E-state index >= 15 is 0 Å². The summed E-state index contributed by atoms with van der Waals surface area (Å²) in [5, 5.41) is 3.93. The molecule has 1 saturated heterocycles. The Balaban J connectivity index is 1.53. The van der Waals surface area contributed by atoms with E-state index in [0.29, 0.717) is 24.0 Å². The van der Waals surface area contributed by atoms with Gasteiger partial charge in [-0.1, -0.05) is 19.0 Å². The molecular weight excluding hydrogens is 311 g/mol. The zero-order valence-corrected chi connectivity index (χ0v) is 14.0. The molecule has 1 aromatic carbocycles. The SMILES string of the molecule is CC1(C)CN(Cc2nc(COc3ccc(F)cc3)no2)CCC1N. The Labute approximate surface area is 140 Å². The van der Waals surface area contributed by atoms with Gasteiger partial charge in [-0.2, -0.15) is 4.98 Å². The normalized spacial score (nSPS) is 20.9. The van der Waals surface area contributed by atoms with Gasteiger partial charge in [-0.3, -0.25) is 4.90 Å². The molecule has 2 aromatic rings. The quantitative estimate of drug-likeness (QED) is 0.904. The highest BCUT2D eigenvalue weighted by Crippen LogP contribution is 2.28. The van der Waals surface area contributed by atoms with Gasteiger partial charge < -0.3 is 15.0 Å². The van der Waals surface area contributed by atoms with Gasteiger partial charge >= 0.3 is 0 Å². The summed E-state index contributed by atoms with van der Waals surface area (Å²) in [5.41, 5.74) is 6.23. The van der Waals surface area contributed by atoms with Crippen LogP contribution in [0.1, 0.15) is 32.0 Å². The minimum atomic E-state index is -0.298. The molecule has 1 aromatic heterocycles. The predicted octanol–water partition coefficient (Wildman–Crippen LogP) is 2.35. The number of rotatable bonds is 5. The van der Waals surface area contributed by atoms with Gasteiger partial charge in [0.2, 0.25) is 11.7 Å². The topological polar surface area (TPSA) is 77.4 Å². The average molecular weight is 334 g/mol. The van der Waals surface area contributed by atoms with E-state index in [-0.39, 0.29) is 23.9 Å². The van der Waals surface area contributed by atoms with E-state index in [1.165, 1.54) is 12.1 Å². The molecule has 0 saturated carbocycles. The zero-order chi connectivity index (χ0) is 17.2. The highest BCUT2D eigenvalue weighted by atomic mass is 19.1. The Morgan fingerprint density at radius 1 is 1.38 bits per heavy atom. The van der Waals surface area contributed by atoms with Crippen LogP contribution >= 0.6 is 0 Å². The maximum absolute atomic E-state index is 12.8. The van der Waals surface area contributed by atoms with Crippen LogP contribution in [0.25, 0.3) is 0 Å². The summed E-state index contributed by atoms with van der Waals surface area (Å²) in [6.07, 6.45) is 0.960. The molecule has 0 radical (unpaired) electrons. The van der Waals surface area contributed by atoms with E-state index in [4.69, 9.17) is 15.0 Å². The molecular formula is C17H23FN4O2. The van der Waals surface area contributed by atoms with Gasteiger partial charge in [-0.05, 0) is 36.1 Å². The van der Waals surface area contributed by atoms with Crippen molar-refractivity contribution in [3.63, 3.8) is 0 Å². The smallest absolute Gasteiger partial charge is 0.240 e. The van der Waals surface area contributed by atoms with Gasteiger partial charge in [0.25, 0.3) is 0 Å². The summed E-state index contributed by atoms with van der Waals surface area (Å²) in [6.45, 7) is 6.98. The second-order valence-corrected chi connectivity index (χ2v) is 6.94. The Kier molecular flexibility index (Phi) is 4.82. The molecule has 0 bridgehead atoms. The first kappa shape index (κ1) is 16.9. The molecule has 1 aliphatic rings. The van der Waals surface area contributed by atoms with Crippen LogP contribution in [0, 0.1) is 11.2 Å². The fourth-order valence-electron chi connectivity index (χ4n) is 2.90. The number of nitrogens with two attached hydrogens (primary N) is 1. The highest BCUT2D eigenvalue weighted by Gasteiger charge is 2.33. The summed E-state index contributed by atoms with van der Waals surface area (Å²) < 4.78 is 23.7. The molecule has 1 fully saturated rings. The Morgan fingerprint density at radius 2 is 2.12 bits per heavy atom. The van der Waals surface area contributed by atoms with Crippen LogP contribution < -0.4 is 10.5 Å². The van der Waals surface area contributed by atoms with E-state index in [1.54, 1.807) is 12.1 Å². The molecule has 1 aliphatic heterocycles. The number of nitrogens with zero attached hydrogens (tertiary/aromatic N) is 3. The van der Waals surface area contributed by atoms with Crippen molar-refractivity contribution in [1.29, 1.82) is 0 Å². The van der Waals surface area contributed by atoms with Crippen molar-refractivity contribution in [2.24, 2.45) is 11.1 Å². The van der Waals surface area contributed by atoms with E-state index < -0.39 is 0 Å². The molecule has 0 aliphatic carbocycles. The molecule has 2 N–H and O–H groups in total. The van der Waals surface area contributed by atoms with Crippen molar-refractivity contribution in [2.45, 2.75) is 39.5 Å². The number of hydrogen-bond donors (Lipinski definition) is 1. The molecule has 0 amide bonds. The lowest BCUT2D eigenvalue weighted by molar-refractivity contribution is 0.0811. The van der Waals surface area contributed by atoms with Crippen LogP contribution in [0.3, 0.4) is 0 Å². The Morgan fingerprint density at radius 3 is 2.83 bits per heavy atom. The molecule has 24 heavy (non-hydrogen) atoms. The van der Waals surface area contributed by atoms with E-state index in [2.05, 4.69) is 28.9 Å². The summed E-state index contributed by atoms with van der Waals surface area (Å²) in [7, 11) is 0. The van der Waals surface area contributed by atoms with E-state index in [9.17, 15) is 4.39 Å². The summed E-state index contributed by atoms with van der Waals surface area (Å²) >= 11 is 0. The summed E-state index contributed by atoms with van der Waals surface area (Å²) in [4.78, 5) is 6.63. The number of likely N-dealkylation sites (tertiary alicyclic amines) is 1. The Hall–Kier alpha value is -1.99. The van der Waals surface area contributed by atoms with Crippen LogP contribution in [0.4, 0.5) is 4.39 Å². The van der Waals surface area contributed by atoms with E-state index in [0.717, 1.165) is 19.5 Å². The molecule has 130 valence electrons. The van der Waals surface area contributed by atoms with E-state index in [1.807, 2.05) is 0 Å². The monoisotopic (exact) mass is 334 g/mol. The predicted molar refractivity (Wildman–Crippen MR) is 86.7 cm³/mol. The lowest BCUT2D eigenvalue weighted by Gasteiger charge is -2.42. The maximum Gasteiger partial charge on any atom is 0.240 e. The van der Waals surface area contributed by atoms with Crippen molar-refractivity contribution in [3.05, 3.63) is 41.8 Å². The molecule has 3 rings (SSSR count). The second kappa shape index (κ2) is 6.86. The van der Waals surface area contributed by atoms with Gasteiger partial charge in [0.15, 0.2) is 6.61 Å². The minimum absolute atomic E-state index is 0.0762. The Bertz CT molecular complexity index is 671. The number of aromatic nitrogens is 2. The largest absolute Gasteiger partial charge is 0.485 e. The maximum atomic E-state index is 12.8. The third-order valence-corrected chi connectivity index (χ3v) is 4.44. The summed E-state index contributed by atoms with van der Waals surface area (Å²) in [5.74, 6) is 1.31. The molecule has 6 nitrogen and oxygen atoms in total. The van der Waals surface area contributed by atoms with Crippen molar-refractivity contribution >= 4 is 0 Å². The van der Waals surface area contributed by atoms with Crippen LogP contribution in [-0.4, -0.2) is 34.2 Å². The standard InChI is InChI=1S/C17H23FN4O2/c1-17(2)11-22(8-7-14(17)19)9-16-20-15(21-24-16)10-23-13-5-3-12(18)4-6-13/h3-6,14H,7-11,19H2,1-2H3. The van der Waals surface area contributed by atoms with Gasteiger partial charge in [0.1, 0.15) is 11.6 Å². The van der Waals surface area contributed by atoms with Crippen molar-refractivity contribution in [1.82, 2.24) is 15.0 Å². The fourth-order valence-corrected chi connectivity index (χ4v) is 2.90. The lowest BCUT2D eigenvalue weighted by Crippen LogP contribution is -2.52. The number of hydrogen-bond acceptors (Lipinski definition) is 6. The first-order valence-corrected chi connectivity index (χ1v) is 8.10. The van der Waals surface area contributed by atoms with Gasteiger partial charge in [-0.15, -0.1) is 0 Å². The zero-order valence-electron chi connectivity index (χ0n) is 14.0. The van der Waals surface area contributed by atoms with Gasteiger partial charge in [-0.25, -0.2) is 4.39 Å². The fraction of sp³-hybridized carbons (Fsp3) is 0.529. The van der Waals surface area contributed by atoms with Gasteiger partial charge in [0, 0.05) is 19.1 Å². The van der Waals surface area contributed by atoms with Gasteiger partial charge in [0.05, 0.1) is 6.54 Å². The van der Waals surface area contributed by atoms with Crippen molar-refractivity contribution in [3.8, 4) is 5.75 Å². The number of ether oxygens (including phenoxy) is 1. The molecule has 7 heteroatoms. The third-order valence-electron chi connectivity index (χ3n) is 4.44. The van der Waals surface area contributed by atoms with Crippen molar-refractivity contribution in [2.75, 3.05) is 13.1 Å². The van der Waals surface area contributed by atoms with Crippen molar-refractivity contribution < 1.29 is 13.7 Å². The number of piperidine rings is 1. The summed E-state index contributed by atoms with van der Waals surface area (Å²) in [6, 6.07) is 6.04. The number of benzene rings is 1. The van der Waals surface area contributed by atoms with Crippen LogP contribution in [-0.2, 0) is 13.2 Å². The van der Waals surface area contributed by atoms with Crippen LogP contribution in [0.2, 0.25) is 0 Å². The highest BCUT2D eigenvalue weighted by molar-refractivity contribution is 5.22. The number of halogens is 1. The minimum Gasteiger partial charge on any atom is -0.485 e. The lowest BCUT2D eigenvalue weighted by atomic mass is 9.80. The molecule has 0 spiro atoms. The molecule has 1 unspecified atom stereocenters. The van der Waals surface area contributed by atoms with Crippen LogP contribution in [0.15, 0.2) is 28.8 Å². The first-order chi connectivity index (χ1) is 11.4. The molecule has 2 heterocycles. The van der Waals surface area contributed by atoms with Crippen LogP contribution in [0.5, 0.6) is 5.75 Å². The molecule has 1 atom stereocenters. The average Bonchev–Trinajstić information content (AvgIpc) is 2.98.